The number of hydrogen-bond donors (Lipinski definition) is 2. The number of fused-ring (bicyclic) bond motifs is 2. The minimum absolute atomic E-state index is 0.187. The molecule has 2 aliphatic carbocycles. The van der Waals surface area contributed by atoms with Crippen molar-refractivity contribution >= 4 is 17.3 Å². The fourth-order valence-electron chi connectivity index (χ4n) is 3.50. The van der Waals surface area contributed by atoms with Crippen LogP contribution in [0.4, 0.5) is 0 Å². The highest BCUT2D eigenvalue weighted by Crippen LogP contribution is 2.47. The molecule has 2 bridgehead atoms. The van der Waals surface area contributed by atoms with E-state index in [0.717, 1.165) is 30.0 Å². The zero-order valence-corrected chi connectivity index (χ0v) is 11.1. The maximum absolute atomic E-state index is 10.7. The molecular formula is C13H18N2O2S. The van der Waals surface area contributed by atoms with E-state index in [1.807, 2.05) is 5.38 Å². The Morgan fingerprint density at radius 1 is 1.50 bits per heavy atom. The Morgan fingerprint density at radius 3 is 3.00 bits per heavy atom. The quantitative estimate of drug-likeness (QED) is 0.859. The molecule has 1 aromatic heterocycles. The van der Waals surface area contributed by atoms with Crippen LogP contribution in [0.3, 0.4) is 0 Å². The number of hydrogen-bond acceptors (Lipinski definition) is 4. The second kappa shape index (κ2) is 4.97. The van der Waals surface area contributed by atoms with Gasteiger partial charge in [-0.3, -0.25) is 0 Å². The van der Waals surface area contributed by atoms with Crippen LogP contribution in [0.5, 0.6) is 0 Å². The number of thiazole rings is 1. The van der Waals surface area contributed by atoms with Crippen molar-refractivity contribution in [1.29, 1.82) is 0 Å². The van der Waals surface area contributed by atoms with Gasteiger partial charge in [-0.15, -0.1) is 11.3 Å². The smallest absolute Gasteiger partial charge is 0.365 e. The van der Waals surface area contributed by atoms with Crippen LogP contribution < -0.4 is 5.32 Å². The third kappa shape index (κ3) is 2.42. The van der Waals surface area contributed by atoms with Crippen molar-refractivity contribution in [3.05, 3.63) is 16.1 Å². The van der Waals surface area contributed by atoms with E-state index in [-0.39, 0.29) is 5.01 Å². The van der Waals surface area contributed by atoms with Crippen LogP contribution in [0.1, 0.15) is 41.2 Å². The highest BCUT2D eigenvalue weighted by molar-refractivity contribution is 7.11. The molecule has 5 heteroatoms. The predicted octanol–water partition coefficient (Wildman–Crippen LogP) is 2.37. The molecule has 0 amide bonds. The zero-order chi connectivity index (χ0) is 12.5. The Bertz CT molecular complexity index is 446. The monoisotopic (exact) mass is 266 g/mol. The number of carboxylic acids is 1. The summed E-state index contributed by atoms with van der Waals surface area (Å²) in [7, 11) is 0. The van der Waals surface area contributed by atoms with Crippen LogP contribution in [0.25, 0.3) is 0 Å². The first-order valence-electron chi connectivity index (χ1n) is 6.61. The second-order valence-corrected chi connectivity index (χ2v) is 6.37. The summed E-state index contributed by atoms with van der Waals surface area (Å²) in [5, 5.41) is 14.2. The molecule has 0 saturated heterocycles. The molecule has 1 heterocycles. The molecule has 2 saturated carbocycles. The van der Waals surface area contributed by atoms with E-state index < -0.39 is 5.97 Å². The summed E-state index contributed by atoms with van der Waals surface area (Å²) in [6.07, 6.45) is 5.67. The van der Waals surface area contributed by atoms with Crippen LogP contribution in [0.2, 0.25) is 0 Å². The van der Waals surface area contributed by atoms with E-state index in [2.05, 4.69) is 10.3 Å². The predicted molar refractivity (Wildman–Crippen MR) is 69.7 cm³/mol. The highest BCUT2D eigenvalue weighted by Gasteiger charge is 2.38. The van der Waals surface area contributed by atoms with E-state index in [9.17, 15) is 4.79 Å². The van der Waals surface area contributed by atoms with Gasteiger partial charge in [0.2, 0.25) is 5.01 Å². The summed E-state index contributed by atoms with van der Waals surface area (Å²) < 4.78 is 0. The van der Waals surface area contributed by atoms with Crippen molar-refractivity contribution in [2.45, 2.75) is 32.2 Å². The van der Waals surface area contributed by atoms with Crippen molar-refractivity contribution < 1.29 is 9.90 Å². The summed E-state index contributed by atoms with van der Waals surface area (Å²) in [6.45, 7) is 1.75. The summed E-state index contributed by atoms with van der Waals surface area (Å²) in [4.78, 5) is 14.8. The summed E-state index contributed by atoms with van der Waals surface area (Å²) in [5.41, 5.74) is 0.848. The fraction of sp³-hybridized carbons (Fsp3) is 0.692. The molecule has 3 unspecified atom stereocenters. The molecule has 18 heavy (non-hydrogen) atoms. The lowest BCUT2D eigenvalue weighted by Crippen LogP contribution is -2.26. The van der Waals surface area contributed by atoms with Gasteiger partial charge in [-0.2, -0.15) is 0 Å². The highest BCUT2D eigenvalue weighted by atomic mass is 32.1. The number of rotatable bonds is 5. The van der Waals surface area contributed by atoms with E-state index in [0.29, 0.717) is 6.54 Å². The Hall–Kier alpha value is -0.940. The average molecular weight is 266 g/mol. The lowest BCUT2D eigenvalue weighted by atomic mass is 9.89. The van der Waals surface area contributed by atoms with E-state index in [4.69, 9.17) is 5.11 Å². The second-order valence-electron chi connectivity index (χ2n) is 5.51. The molecule has 0 aliphatic heterocycles. The molecule has 2 N–H and O–H groups in total. The number of aromatic nitrogens is 1. The summed E-state index contributed by atoms with van der Waals surface area (Å²) in [5.74, 6) is 1.83. The van der Waals surface area contributed by atoms with Gasteiger partial charge in [0.05, 0.1) is 5.69 Å². The van der Waals surface area contributed by atoms with Gasteiger partial charge in [-0.05, 0) is 43.6 Å². The van der Waals surface area contributed by atoms with Gasteiger partial charge in [0, 0.05) is 11.9 Å². The van der Waals surface area contributed by atoms with Gasteiger partial charge in [-0.1, -0.05) is 6.42 Å². The topological polar surface area (TPSA) is 62.2 Å². The average Bonchev–Trinajstić information content (AvgIpc) is 3.03. The summed E-state index contributed by atoms with van der Waals surface area (Å²) in [6, 6.07) is 0. The molecule has 0 radical (unpaired) electrons. The fourth-order valence-corrected chi connectivity index (χ4v) is 4.15. The van der Waals surface area contributed by atoms with Crippen molar-refractivity contribution in [3.63, 3.8) is 0 Å². The minimum atomic E-state index is -0.931. The molecular weight excluding hydrogens is 248 g/mol. The van der Waals surface area contributed by atoms with Crippen LogP contribution in [-0.2, 0) is 6.54 Å². The lowest BCUT2D eigenvalue weighted by molar-refractivity contribution is 0.0696. The van der Waals surface area contributed by atoms with E-state index in [1.54, 1.807) is 0 Å². The summed E-state index contributed by atoms with van der Waals surface area (Å²) >= 11 is 1.20. The van der Waals surface area contributed by atoms with Crippen LogP contribution in [0.15, 0.2) is 5.38 Å². The van der Waals surface area contributed by atoms with Crippen LogP contribution in [-0.4, -0.2) is 22.6 Å². The largest absolute Gasteiger partial charge is 0.476 e. The van der Waals surface area contributed by atoms with Gasteiger partial charge < -0.3 is 10.4 Å². The van der Waals surface area contributed by atoms with Gasteiger partial charge >= 0.3 is 5.97 Å². The van der Waals surface area contributed by atoms with Crippen molar-refractivity contribution in [2.24, 2.45) is 17.8 Å². The van der Waals surface area contributed by atoms with Crippen molar-refractivity contribution in [1.82, 2.24) is 10.3 Å². The first kappa shape index (κ1) is 12.1. The first-order chi connectivity index (χ1) is 8.72. The van der Waals surface area contributed by atoms with Crippen molar-refractivity contribution in [2.75, 3.05) is 6.54 Å². The van der Waals surface area contributed by atoms with Gasteiger partial charge in [0.25, 0.3) is 0 Å². The first-order valence-corrected chi connectivity index (χ1v) is 7.48. The zero-order valence-electron chi connectivity index (χ0n) is 10.3. The van der Waals surface area contributed by atoms with Gasteiger partial charge in [0.1, 0.15) is 0 Å². The third-order valence-corrected chi connectivity index (χ3v) is 5.21. The maximum Gasteiger partial charge on any atom is 0.365 e. The van der Waals surface area contributed by atoms with E-state index >= 15 is 0 Å². The molecule has 2 aliphatic rings. The third-order valence-electron chi connectivity index (χ3n) is 4.33. The standard InChI is InChI=1S/C13H18N2O2S/c16-13(17)12-15-11(7-18-12)6-14-5-10-4-8-1-2-9(10)3-8/h7-10,14H,1-6H2,(H,16,17). The maximum atomic E-state index is 10.7. The number of aromatic carboxylic acids is 1. The number of nitrogens with one attached hydrogen (secondary N) is 1. The SMILES string of the molecule is O=C(O)c1nc(CNCC2CC3CCC2C3)cs1. The molecule has 3 rings (SSSR count). The Balaban J connectivity index is 1.45. The Kier molecular flexibility index (Phi) is 3.35. The normalized spacial score (nSPS) is 29.9. The van der Waals surface area contributed by atoms with Gasteiger partial charge in [0.15, 0.2) is 0 Å². The molecule has 4 nitrogen and oxygen atoms in total. The number of carbonyl (C=O) groups is 1. The van der Waals surface area contributed by atoms with Crippen LogP contribution in [0, 0.1) is 17.8 Å². The number of carboxylic acid groups (broad SMARTS) is 1. The Labute approximate surface area is 110 Å². The molecule has 98 valence electrons. The Morgan fingerprint density at radius 2 is 2.39 bits per heavy atom. The molecule has 3 atom stereocenters. The minimum Gasteiger partial charge on any atom is -0.476 e. The van der Waals surface area contributed by atoms with Gasteiger partial charge in [-0.25, -0.2) is 9.78 Å². The molecule has 1 aromatic rings. The lowest BCUT2D eigenvalue weighted by Gasteiger charge is -2.21. The molecule has 0 aromatic carbocycles. The van der Waals surface area contributed by atoms with Crippen LogP contribution >= 0.6 is 11.3 Å². The molecule has 2 fully saturated rings. The number of nitrogens with zero attached hydrogens (tertiary/aromatic N) is 1. The molecule has 0 spiro atoms. The van der Waals surface area contributed by atoms with Crippen molar-refractivity contribution in [3.8, 4) is 0 Å². The van der Waals surface area contributed by atoms with E-state index in [1.165, 1.54) is 37.0 Å².